The number of nitrogens with zero attached hydrogens (tertiary/aromatic N) is 1. The van der Waals surface area contributed by atoms with Crippen molar-refractivity contribution in [3.05, 3.63) is 88.9 Å². The predicted molar refractivity (Wildman–Crippen MR) is 155 cm³/mol. The van der Waals surface area contributed by atoms with Gasteiger partial charge in [-0.1, -0.05) is 66.2 Å². The number of amides is 1. The third kappa shape index (κ3) is 7.24. The van der Waals surface area contributed by atoms with Gasteiger partial charge < -0.3 is 16.4 Å². The van der Waals surface area contributed by atoms with E-state index in [0.717, 1.165) is 30.4 Å². The second-order valence-corrected chi connectivity index (χ2v) is 12.0. The Morgan fingerprint density at radius 1 is 1.05 bits per heavy atom. The predicted octanol–water partition coefficient (Wildman–Crippen LogP) is 3.77. The average Bonchev–Trinajstić information content (AvgIpc) is 2.93. The van der Waals surface area contributed by atoms with Gasteiger partial charge in [0.05, 0.1) is 4.90 Å². The standard InChI is InChI=1S/C29H34ClN5O3S/c30-26-7-2-1-6-25(26)23-4-3-5-24(19-23)39(37,38)34-27(18-21-8-10-22(11-9-21)28(32)33)29(36)35-16-13-20(12-15-31)14-17-35/h1-11,19-20,27,34H,12-18,31H2,(H3,32,33). The summed E-state index contributed by atoms with van der Waals surface area (Å²) in [6.07, 6.45) is 2.76. The van der Waals surface area contributed by atoms with E-state index in [4.69, 9.17) is 28.5 Å². The first-order valence-corrected chi connectivity index (χ1v) is 14.8. The van der Waals surface area contributed by atoms with Crippen LogP contribution in [0.2, 0.25) is 5.02 Å². The summed E-state index contributed by atoms with van der Waals surface area (Å²) in [6, 6.07) is 19.6. The Balaban J connectivity index is 1.60. The number of benzene rings is 3. The number of halogens is 1. The molecule has 1 heterocycles. The van der Waals surface area contributed by atoms with Gasteiger partial charge in [-0.3, -0.25) is 10.2 Å². The van der Waals surface area contributed by atoms with Crippen molar-refractivity contribution in [2.45, 2.75) is 36.6 Å². The summed E-state index contributed by atoms with van der Waals surface area (Å²) < 4.78 is 29.9. The number of amidine groups is 1. The third-order valence-electron chi connectivity index (χ3n) is 7.13. The van der Waals surface area contributed by atoms with Crippen LogP contribution in [0.15, 0.2) is 77.7 Å². The van der Waals surface area contributed by atoms with E-state index >= 15 is 0 Å². The molecule has 1 atom stereocenters. The summed E-state index contributed by atoms with van der Waals surface area (Å²) in [4.78, 5) is 15.5. The maximum Gasteiger partial charge on any atom is 0.241 e. The number of likely N-dealkylation sites (tertiary alicyclic amines) is 1. The van der Waals surface area contributed by atoms with Gasteiger partial charge in [-0.15, -0.1) is 0 Å². The van der Waals surface area contributed by atoms with Gasteiger partial charge in [-0.25, -0.2) is 8.42 Å². The van der Waals surface area contributed by atoms with E-state index in [1.807, 2.05) is 18.2 Å². The largest absolute Gasteiger partial charge is 0.384 e. The van der Waals surface area contributed by atoms with Crippen LogP contribution in [0.5, 0.6) is 0 Å². The molecule has 0 aromatic heterocycles. The summed E-state index contributed by atoms with van der Waals surface area (Å²) in [5, 5.41) is 8.12. The molecule has 0 bridgehead atoms. The van der Waals surface area contributed by atoms with Gasteiger partial charge in [-0.2, -0.15) is 4.72 Å². The van der Waals surface area contributed by atoms with Crippen LogP contribution in [0.25, 0.3) is 11.1 Å². The normalized spacial score (nSPS) is 15.2. The Bertz CT molecular complexity index is 1420. The number of carbonyl (C=O) groups excluding carboxylic acids is 1. The maximum absolute atomic E-state index is 13.7. The Morgan fingerprint density at radius 3 is 2.38 bits per heavy atom. The van der Waals surface area contributed by atoms with Crippen molar-refractivity contribution >= 4 is 33.4 Å². The lowest BCUT2D eigenvalue weighted by atomic mass is 9.93. The van der Waals surface area contributed by atoms with Crippen LogP contribution in [-0.4, -0.2) is 50.7 Å². The SMILES string of the molecule is N=C(N)c1ccc(CC(NS(=O)(=O)c2cccc(-c3ccccc3Cl)c2)C(=O)N2CCC(CCN)CC2)cc1. The lowest BCUT2D eigenvalue weighted by molar-refractivity contribution is -0.134. The number of hydrogen-bond acceptors (Lipinski definition) is 5. The molecule has 0 radical (unpaired) electrons. The Hall–Kier alpha value is -3.24. The number of carbonyl (C=O) groups is 1. The van der Waals surface area contributed by atoms with Gasteiger partial charge in [0, 0.05) is 29.2 Å². The second-order valence-electron chi connectivity index (χ2n) is 9.84. The van der Waals surface area contributed by atoms with Crippen molar-refractivity contribution in [1.82, 2.24) is 9.62 Å². The molecule has 3 aromatic rings. The highest BCUT2D eigenvalue weighted by Crippen LogP contribution is 2.29. The van der Waals surface area contributed by atoms with Gasteiger partial charge in [0.25, 0.3) is 0 Å². The zero-order valence-electron chi connectivity index (χ0n) is 21.6. The first kappa shape index (κ1) is 28.8. The molecule has 1 unspecified atom stereocenters. The van der Waals surface area contributed by atoms with Crippen molar-refractivity contribution in [1.29, 1.82) is 5.41 Å². The van der Waals surface area contributed by atoms with E-state index in [0.29, 0.717) is 41.7 Å². The fourth-order valence-electron chi connectivity index (χ4n) is 4.92. The zero-order chi connectivity index (χ0) is 28.0. The van der Waals surface area contributed by atoms with Gasteiger partial charge in [0.1, 0.15) is 11.9 Å². The van der Waals surface area contributed by atoms with Crippen molar-refractivity contribution in [3.63, 3.8) is 0 Å². The smallest absolute Gasteiger partial charge is 0.241 e. The topological polar surface area (TPSA) is 142 Å². The van der Waals surface area contributed by atoms with Crippen LogP contribution in [0.3, 0.4) is 0 Å². The number of hydrogen-bond donors (Lipinski definition) is 4. The number of rotatable bonds is 10. The summed E-state index contributed by atoms with van der Waals surface area (Å²) in [6.45, 7) is 1.74. The number of piperidine rings is 1. The second kappa shape index (κ2) is 12.7. The monoisotopic (exact) mass is 567 g/mol. The van der Waals surface area contributed by atoms with Crippen LogP contribution in [0.4, 0.5) is 0 Å². The quantitative estimate of drug-likeness (QED) is 0.218. The summed E-state index contributed by atoms with van der Waals surface area (Å²) in [5.41, 5.74) is 14.0. The van der Waals surface area contributed by atoms with Crippen molar-refractivity contribution < 1.29 is 13.2 Å². The molecule has 1 fully saturated rings. The van der Waals surface area contributed by atoms with Crippen molar-refractivity contribution in [3.8, 4) is 11.1 Å². The van der Waals surface area contributed by atoms with Crippen LogP contribution in [-0.2, 0) is 21.2 Å². The molecule has 0 saturated carbocycles. The molecule has 0 spiro atoms. The highest BCUT2D eigenvalue weighted by Gasteiger charge is 2.32. The molecular weight excluding hydrogens is 534 g/mol. The minimum atomic E-state index is -4.06. The first-order chi connectivity index (χ1) is 18.7. The summed E-state index contributed by atoms with van der Waals surface area (Å²) in [7, 11) is -4.06. The third-order valence-corrected chi connectivity index (χ3v) is 8.93. The molecule has 8 nitrogen and oxygen atoms in total. The Labute approximate surface area is 234 Å². The maximum atomic E-state index is 13.7. The number of sulfonamides is 1. The van der Waals surface area contributed by atoms with Crippen molar-refractivity contribution in [2.24, 2.45) is 17.4 Å². The van der Waals surface area contributed by atoms with Crippen LogP contribution in [0.1, 0.15) is 30.4 Å². The van der Waals surface area contributed by atoms with E-state index in [-0.39, 0.29) is 23.1 Å². The Morgan fingerprint density at radius 2 is 1.74 bits per heavy atom. The highest BCUT2D eigenvalue weighted by atomic mass is 35.5. The van der Waals surface area contributed by atoms with Gasteiger partial charge in [0.2, 0.25) is 15.9 Å². The molecule has 1 aliphatic heterocycles. The molecule has 10 heteroatoms. The molecule has 1 aliphatic rings. The molecule has 1 saturated heterocycles. The van der Waals surface area contributed by atoms with E-state index in [2.05, 4.69) is 4.72 Å². The van der Waals surface area contributed by atoms with E-state index in [1.165, 1.54) is 6.07 Å². The lowest BCUT2D eigenvalue weighted by Crippen LogP contribution is -2.51. The van der Waals surface area contributed by atoms with E-state index in [1.54, 1.807) is 53.4 Å². The molecule has 39 heavy (non-hydrogen) atoms. The van der Waals surface area contributed by atoms with Crippen LogP contribution in [0, 0.1) is 11.3 Å². The molecular formula is C29H34ClN5O3S. The zero-order valence-corrected chi connectivity index (χ0v) is 23.2. The number of nitrogen functional groups attached to an aromatic ring is 1. The van der Waals surface area contributed by atoms with E-state index in [9.17, 15) is 13.2 Å². The van der Waals surface area contributed by atoms with Gasteiger partial charge in [-0.05, 0) is 67.5 Å². The van der Waals surface area contributed by atoms with E-state index < -0.39 is 16.1 Å². The molecule has 1 amide bonds. The molecule has 206 valence electrons. The minimum Gasteiger partial charge on any atom is -0.384 e. The van der Waals surface area contributed by atoms with Gasteiger partial charge in [0.15, 0.2) is 0 Å². The van der Waals surface area contributed by atoms with Crippen LogP contribution >= 0.6 is 11.6 Å². The minimum absolute atomic E-state index is 0.0475. The molecule has 6 N–H and O–H groups in total. The molecule has 4 rings (SSSR count). The highest BCUT2D eigenvalue weighted by molar-refractivity contribution is 7.89. The fourth-order valence-corrected chi connectivity index (χ4v) is 6.39. The van der Waals surface area contributed by atoms with Gasteiger partial charge >= 0.3 is 0 Å². The van der Waals surface area contributed by atoms with Crippen molar-refractivity contribution in [2.75, 3.05) is 19.6 Å². The lowest BCUT2D eigenvalue weighted by Gasteiger charge is -2.34. The average molecular weight is 568 g/mol. The summed E-state index contributed by atoms with van der Waals surface area (Å²) >= 11 is 6.34. The summed E-state index contributed by atoms with van der Waals surface area (Å²) in [5.74, 6) is 0.150. The number of nitrogens with two attached hydrogens (primary N) is 2. The van der Waals surface area contributed by atoms with Crippen LogP contribution < -0.4 is 16.2 Å². The Kier molecular flexibility index (Phi) is 9.40. The fraction of sp³-hybridized carbons (Fsp3) is 0.310. The molecule has 0 aliphatic carbocycles. The first-order valence-electron chi connectivity index (χ1n) is 13.0. The number of nitrogens with one attached hydrogen (secondary N) is 2. The molecule has 3 aromatic carbocycles.